The average Bonchev–Trinajstić information content (AvgIpc) is 2.56. The third-order valence-corrected chi connectivity index (χ3v) is 4.37. The molecule has 0 radical (unpaired) electrons. The van der Waals surface area contributed by atoms with E-state index in [0.717, 1.165) is 50.3 Å². The third kappa shape index (κ3) is 6.70. The Balaban J connectivity index is 0.00000288. The molecule has 2 atom stereocenters. The van der Waals surface area contributed by atoms with Gasteiger partial charge < -0.3 is 15.4 Å². The second-order valence-electron chi connectivity index (χ2n) is 6.87. The van der Waals surface area contributed by atoms with Crippen molar-refractivity contribution in [3.8, 4) is 5.75 Å². The van der Waals surface area contributed by atoms with Gasteiger partial charge in [-0.3, -0.25) is 4.79 Å². The molecule has 2 rings (SSSR count). The first-order valence-corrected chi connectivity index (χ1v) is 8.80. The predicted molar refractivity (Wildman–Crippen MR) is 101 cm³/mol. The van der Waals surface area contributed by atoms with Crippen molar-refractivity contribution in [2.75, 3.05) is 19.7 Å². The lowest BCUT2D eigenvalue weighted by Gasteiger charge is -2.24. The van der Waals surface area contributed by atoms with E-state index in [2.05, 4.69) is 24.5 Å². The highest BCUT2D eigenvalue weighted by Crippen LogP contribution is 2.19. The minimum atomic E-state index is 0. The van der Waals surface area contributed by atoms with Crippen LogP contribution in [0.5, 0.6) is 5.75 Å². The van der Waals surface area contributed by atoms with Crippen LogP contribution in [0.2, 0.25) is 0 Å². The van der Waals surface area contributed by atoms with Gasteiger partial charge in [0.25, 0.3) is 0 Å². The van der Waals surface area contributed by atoms with Gasteiger partial charge in [-0.25, -0.2) is 0 Å². The number of halogens is 1. The van der Waals surface area contributed by atoms with Gasteiger partial charge in [0.05, 0.1) is 18.6 Å². The second kappa shape index (κ2) is 10.6. The fraction of sp³-hybridized carbons (Fsp3) is 0.632. The monoisotopic (exact) mass is 354 g/mol. The van der Waals surface area contributed by atoms with E-state index in [0.29, 0.717) is 5.92 Å². The molecule has 0 aromatic heterocycles. The summed E-state index contributed by atoms with van der Waals surface area (Å²) in [5.41, 5.74) is 1.11. The average molecular weight is 355 g/mol. The van der Waals surface area contributed by atoms with Crippen molar-refractivity contribution in [3.63, 3.8) is 0 Å². The zero-order chi connectivity index (χ0) is 16.7. The van der Waals surface area contributed by atoms with Gasteiger partial charge in [-0.1, -0.05) is 26.0 Å². The molecule has 1 aliphatic rings. The van der Waals surface area contributed by atoms with Crippen molar-refractivity contribution in [1.29, 1.82) is 0 Å². The number of carbonyl (C=O) groups is 1. The molecule has 5 heteroatoms. The number of ether oxygens (including phenoxy) is 1. The van der Waals surface area contributed by atoms with Gasteiger partial charge in [0.15, 0.2) is 0 Å². The highest BCUT2D eigenvalue weighted by molar-refractivity contribution is 5.85. The van der Waals surface area contributed by atoms with Gasteiger partial charge in [0, 0.05) is 6.54 Å². The SMILES string of the molecule is CC(C)CCOc1ccc(C(C)NC(=O)C2CCCNC2)cc1.Cl. The number of hydrogen-bond donors (Lipinski definition) is 2. The van der Waals surface area contributed by atoms with Crippen LogP contribution in [0.4, 0.5) is 0 Å². The number of amides is 1. The van der Waals surface area contributed by atoms with Crippen molar-refractivity contribution >= 4 is 18.3 Å². The molecule has 0 aliphatic carbocycles. The van der Waals surface area contributed by atoms with Gasteiger partial charge >= 0.3 is 0 Å². The summed E-state index contributed by atoms with van der Waals surface area (Å²) < 4.78 is 5.73. The van der Waals surface area contributed by atoms with Crippen LogP contribution < -0.4 is 15.4 Å². The zero-order valence-corrected chi connectivity index (χ0v) is 15.8. The Hall–Kier alpha value is -1.26. The molecule has 1 aliphatic heterocycles. The number of rotatable bonds is 7. The Labute approximate surface area is 152 Å². The first-order chi connectivity index (χ1) is 11.1. The number of benzene rings is 1. The number of nitrogens with one attached hydrogen (secondary N) is 2. The minimum absolute atomic E-state index is 0. The summed E-state index contributed by atoms with van der Waals surface area (Å²) in [6.07, 6.45) is 3.12. The van der Waals surface area contributed by atoms with Crippen molar-refractivity contribution < 1.29 is 9.53 Å². The molecular weight excluding hydrogens is 324 g/mol. The maximum absolute atomic E-state index is 12.3. The summed E-state index contributed by atoms with van der Waals surface area (Å²) in [7, 11) is 0. The third-order valence-electron chi connectivity index (χ3n) is 4.37. The summed E-state index contributed by atoms with van der Waals surface area (Å²) in [5.74, 6) is 1.80. The molecule has 4 nitrogen and oxygen atoms in total. The molecule has 1 saturated heterocycles. The van der Waals surface area contributed by atoms with Crippen LogP contribution in [-0.2, 0) is 4.79 Å². The zero-order valence-electron chi connectivity index (χ0n) is 15.0. The summed E-state index contributed by atoms with van der Waals surface area (Å²) in [6.45, 7) is 8.98. The highest BCUT2D eigenvalue weighted by Gasteiger charge is 2.22. The highest BCUT2D eigenvalue weighted by atomic mass is 35.5. The summed E-state index contributed by atoms with van der Waals surface area (Å²) in [4.78, 5) is 12.3. The Bertz CT molecular complexity index is 485. The molecule has 0 spiro atoms. The van der Waals surface area contributed by atoms with E-state index >= 15 is 0 Å². The number of carbonyl (C=O) groups excluding carboxylic acids is 1. The molecule has 1 heterocycles. The lowest BCUT2D eigenvalue weighted by atomic mass is 9.98. The molecule has 1 aromatic rings. The van der Waals surface area contributed by atoms with E-state index in [-0.39, 0.29) is 30.3 Å². The molecule has 1 amide bonds. The maximum Gasteiger partial charge on any atom is 0.224 e. The normalized spacial score (nSPS) is 18.6. The van der Waals surface area contributed by atoms with E-state index < -0.39 is 0 Å². The van der Waals surface area contributed by atoms with Gasteiger partial charge in [0.1, 0.15) is 5.75 Å². The van der Waals surface area contributed by atoms with Gasteiger partial charge in [-0.05, 0) is 56.3 Å². The smallest absolute Gasteiger partial charge is 0.224 e. The molecular formula is C19H31ClN2O2. The van der Waals surface area contributed by atoms with E-state index in [9.17, 15) is 4.79 Å². The van der Waals surface area contributed by atoms with Crippen LogP contribution in [0.25, 0.3) is 0 Å². The lowest BCUT2D eigenvalue weighted by Crippen LogP contribution is -2.41. The standard InChI is InChI=1S/C19H30N2O2.ClH/c1-14(2)10-12-23-18-8-6-16(7-9-18)15(3)21-19(22)17-5-4-11-20-13-17;/h6-9,14-15,17,20H,4-5,10-13H2,1-3H3,(H,21,22);1H. The van der Waals surface area contributed by atoms with Crippen LogP contribution in [0.15, 0.2) is 24.3 Å². The molecule has 24 heavy (non-hydrogen) atoms. The van der Waals surface area contributed by atoms with Crippen molar-refractivity contribution in [2.24, 2.45) is 11.8 Å². The van der Waals surface area contributed by atoms with E-state index in [4.69, 9.17) is 4.74 Å². The van der Waals surface area contributed by atoms with Crippen LogP contribution in [0, 0.1) is 11.8 Å². The number of hydrogen-bond acceptors (Lipinski definition) is 3. The Morgan fingerprint density at radius 3 is 2.58 bits per heavy atom. The van der Waals surface area contributed by atoms with Crippen LogP contribution >= 0.6 is 12.4 Å². The maximum atomic E-state index is 12.3. The van der Waals surface area contributed by atoms with Crippen LogP contribution in [0.3, 0.4) is 0 Å². The van der Waals surface area contributed by atoms with Crippen molar-refractivity contribution in [2.45, 2.75) is 46.1 Å². The number of piperidine rings is 1. The Morgan fingerprint density at radius 2 is 2.00 bits per heavy atom. The lowest BCUT2D eigenvalue weighted by molar-refractivity contribution is -0.126. The predicted octanol–water partition coefficient (Wildman–Crippen LogP) is 3.71. The van der Waals surface area contributed by atoms with Crippen LogP contribution in [0.1, 0.15) is 51.6 Å². The first kappa shape index (κ1) is 20.8. The van der Waals surface area contributed by atoms with E-state index in [1.165, 1.54) is 0 Å². The molecule has 1 fully saturated rings. The van der Waals surface area contributed by atoms with Gasteiger partial charge in [0.2, 0.25) is 5.91 Å². The van der Waals surface area contributed by atoms with Gasteiger partial charge in [-0.15, -0.1) is 12.4 Å². The molecule has 1 aromatic carbocycles. The molecule has 136 valence electrons. The quantitative estimate of drug-likeness (QED) is 0.784. The van der Waals surface area contributed by atoms with Crippen LogP contribution in [-0.4, -0.2) is 25.6 Å². The Morgan fingerprint density at radius 1 is 1.29 bits per heavy atom. The molecule has 0 saturated carbocycles. The largest absolute Gasteiger partial charge is 0.494 e. The molecule has 0 bridgehead atoms. The molecule has 2 N–H and O–H groups in total. The fourth-order valence-electron chi connectivity index (χ4n) is 2.76. The van der Waals surface area contributed by atoms with E-state index in [1.807, 2.05) is 31.2 Å². The van der Waals surface area contributed by atoms with Crippen molar-refractivity contribution in [1.82, 2.24) is 10.6 Å². The molecule has 2 unspecified atom stereocenters. The topological polar surface area (TPSA) is 50.4 Å². The second-order valence-corrected chi connectivity index (χ2v) is 6.87. The summed E-state index contributed by atoms with van der Waals surface area (Å²) >= 11 is 0. The fourth-order valence-corrected chi connectivity index (χ4v) is 2.76. The van der Waals surface area contributed by atoms with Crippen molar-refractivity contribution in [3.05, 3.63) is 29.8 Å². The first-order valence-electron chi connectivity index (χ1n) is 8.80. The summed E-state index contributed by atoms with van der Waals surface area (Å²) in [5, 5.41) is 6.41. The van der Waals surface area contributed by atoms with Gasteiger partial charge in [-0.2, -0.15) is 0 Å². The minimum Gasteiger partial charge on any atom is -0.494 e. The summed E-state index contributed by atoms with van der Waals surface area (Å²) in [6, 6.07) is 8.07. The van der Waals surface area contributed by atoms with E-state index in [1.54, 1.807) is 0 Å². The Kier molecular flexibility index (Phi) is 9.16.